The van der Waals surface area contributed by atoms with Crippen LogP contribution in [0.5, 0.6) is 0 Å². The number of carbonyl (C=O) groups excluding carboxylic acids is 1. The molecule has 1 unspecified atom stereocenters. The summed E-state index contributed by atoms with van der Waals surface area (Å²) in [6, 6.07) is 3.93. The fourth-order valence-electron chi connectivity index (χ4n) is 1.87. The average molecular weight is 222 g/mol. The second kappa shape index (κ2) is 5.70. The first-order chi connectivity index (χ1) is 7.84. The lowest BCUT2D eigenvalue weighted by atomic mass is 10.2. The van der Waals surface area contributed by atoms with Gasteiger partial charge in [-0.2, -0.15) is 0 Å². The summed E-state index contributed by atoms with van der Waals surface area (Å²) in [5.41, 5.74) is 0. The van der Waals surface area contributed by atoms with Crippen LogP contribution in [0, 0.1) is 0 Å². The van der Waals surface area contributed by atoms with Crippen molar-refractivity contribution >= 4 is 5.91 Å². The molecule has 0 bridgehead atoms. The Morgan fingerprint density at radius 2 is 2.25 bits per heavy atom. The van der Waals surface area contributed by atoms with Crippen molar-refractivity contribution in [1.82, 2.24) is 9.88 Å². The van der Waals surface area contributed by atoms with E-state index < -0.39 is 0 Å². The van der Waals surface area contributed by atoms with Gasteiger partial charge >= 0.3 is 0 Å². The van der Waals surface area contributed by atoms with E-state index in [1.807, 2.05) is 29.1 Å². The summed E-state index contributed by atoms with van der Waals surface area (Å²) in [5, 5.41) is 2.91. The van der Waals surface area contributed by atoms with Crippen LogP contribution < -0.4 is 5.32 Å². The molecular formula is C12H18N2O2. The number of nitrogens with zero attached hydrogens (tertiary/aromatic N) is 1. The van der Waals surface area contributed by atoms with Gasteiger partial charge in [-0.15, -0.1) is 0 Å². The van der Waals surface area contributed by atoms with E-state index in [1.54, 1.807) is 0 Å². The third-order valence-electron chi connectivity index (χ3n) is 2.81. The van der Waals surface area contributed by atoms with Gasteiger partial charge in [0.2, 0.25) is 5.91 Å². The van der Waals surface area contributed by atoms with E-state index in [9.17, 15) is 4.79 Å². The molecular weight excluding hydrogens is 204 g/mol. The van der Waals surface area contributed by atoms with E-state index in [0.29, 0.717) is 13.0 Å². The van der Waals surface area contributed by atoms with Gasteiger partial charge in [0.25, 0.3) is 0 Å². The minimum atomic E-state index is 0.101. The zero-order valence-corrected chi connectivity index (χ0v) is 9.39. The predicted molar refractivity (Wildman–Crippen MR) is 61.0 cm³/mol. The molecule has 2 rings (SSSR count). The van der Waals surface area contributed by atoms with Crippen LogP contribution in [-0.2, 0) is 16.1 Å². The monoisotopic (exact) mass is 222 g/mol. The number of aromatic nitrogens is 1. The first-order valence-corrected chi connectivity index (χ1v) is 5.83. The second-order valence-electron chi connectivity index (χ2n) is 4.11. The van der Waals surface area contributed by atoms with Gasteiger partial charge in [0, 0.05) is 38.5 Å². The Morgan fingerprint density at radius 3 is 2.94 bits per heavy atom. The molecule has 0 spiro atoms. The summed E-state index contributed by atoms with van der Waals surface area (Å²) in [7, 11) is 0. The molecule has 1 amide bonds. The van der Waals surface area contributed by atoms with Gasteiger partial charge in [0.1, 0.15) is 0 Å². The van der Waals surface area contributed by atoms with E-state index in [-0.39, 0.29) is 12.0 Å². The summed E-state index contributed by atoms with van der Waals surface area (Å²) in [5.74, 6) is 0.101. The molecule has 0 radical (unpaired) electrons. The summed E-state index contributed by atoms with van der Waals surface area (Å²) in [4.78, 5) is 11.5. The van der Waals surface area contributed by atoms with Crippen LogP contribution >= 0.6 is 0 Å². The van der Waals surface area contributed by atoms with Crippen LogP contribution in [0.4, 0.5) is 0 Å². The van der Waals surface area contributed by atoms with Crippen molar-refractivity contribution in [2.24, 2.45) is 0 Å². The predicted octanol–water partition coefficient (Wildman–Crippen LogP) is 1.17. The Morgan fingerprint density at radius 1 is 1.44 bits per heavy atom. The molecule has 1 fully saturated rings. The molecule has 4 heteroatoms. The zero-order valence-electron chi connectivity index (χ0n) is 9.39. The molecule has 0 aromatic carbocycles. The van der Waals surface area contributed by atoms with E-state index in [0.717, 1.165) is 26.0 Å². The Bertz CT molecular complexity index is 316. The lowest BCUT2D eigenvalue weighted by Gasteiger charge is -2.10. The molecule has 1 saturated heterocycles. The van der Waals surface area contributed by atoms with Crippen molar-refractivity contribution < 1.29 is 9.53 Å². The van der Waals surface area contributed by atoms with Crippen LogP contribution in [0.25, 0.3) is 0 Å². The van der Waals surface area contributed by atoms with Gasteiger partial charge in [-0.1, -0.05) is 0 Å². The summed E-state index contributed by atoms with van der Waals surface area (Å²) in [6.45, 7) is 2.23. The SMILES string of the molecule is O=C(CCn1cccc1)NCC1CCCO1. The molecule has 1 aliphatic heterocycles. The highest BCUT2D eigenvalue weighted by Crippen LogP contribution is 2.10. The first-order valence-electron chi connectivity index (χ1n) is 5.83. The number of aryl methyl sites for hydroxylation is 1. The number of nitrogens with one attached hydrogen (secondary N) is 1. The normalized spacial score (nSPS) is 19.9. The van der Waals surface area contributed by atoms with Gasteiger partial charge in [-0.25, -0.2) is 0 Å². The van der Waals surface area contributed by atoms with Crippen molar-refractivity contribution in [2.75, 3.05) is 13.2 Å². The quantitative estimate of drug-likeness (QED) is 0.812. The average Bonchev–Trinajstić information content (AvgIpc) is 2.96. The number of ether oxygens (including phenoxy) is 1. The molecule has 88 valence electrons. The van der Waals surface area contributed by atoms with Crippen molar-refractivity contribution in [3.8, 4) is 0 Å². The largest absolute Gasteiger partial charge is 0.376 e. The third-order valence-corrected chi connectivity index (χ3v) is 2.81. The van der Waals surface area contributed by atoms with Crippen LogP contribution in [-0.4, -0.2) is 29.7 Å². The zero-order chi connectivity index (χ0) is 11.2. The standard InChI is InChI=1S/C12H18N2O2/c15-12(5-8-14-6-1-2-7-14)13-10-11-4-3-9-16-11/h1-2,6-7,11H,3-5,8-10H2,(H,13,15). The number of carbonyl (C=O) groups is 1. The molecule has 1 aromatic rings. The lowest BCUT2D eigenvalue weighted by molar-refractivity contribution is -0.121. The summed E-state index contributed by atoms with van der Waals surface area (Å²) < 4.78 is 7.44. The van der Waals surface area contributed by atoms with E-state index >= 15 is 0 Å². The number of rotatable bonds is 5. The van der Waals surface area contributed by atoms with Crippen LogP contribution in [0.3, 0.4) is 0 Å². The van der Waals surface area contributed by atoms with Crippen LogP contribution in [0.2, 0.25) is 0 Å². The van der Waals surface area contributed by atoms with Crippen molar-refractivity contribution in [3.63, 3.8) is 0 Å². The third kappa shape index (κ3) is 3.38. The highest BCUT2D eigenvalue weighted by Gasteiger charge is 2.15. The maximum atomic E-state index is 11.5. The van der Waals surface area contributed by atoms with E-state index in [4.69, 9.17) is 4.74 Å². The van der Waals surface area contributed by atoms with Crippen LogP contribution in [0.1, 0.15) is 19.3 Å². The van der Waals surface area contributed by atoms with Crippen molar-refractivity contribution in [1.29, 1.82) is 0 Å². The minimum absolute atomic E-state index is 0.101. The maximum Gasteiger partial charge on any atom is 0.221 e. The van der Waals surface area contributed by atoms with Gasteiger partial charge in [-0.3, -0.25) is 4.79 Å². The molecule has 0 aliphatic carbocycles. The number of hydrogen-bond donors (Lipinski definition) is 1. The van der Waals surface area contributed by atoms with E-state index in [2.05, 4.69) is 5.32 Å². The molecule has 2 heterocycles. The smallest absolute Gasteiger partial charge is 0.221 e. The van der Waals surface area contributed by atoms with Crippen molar-refractivity contribution in [2.45, 2.75) is 31.9 Å². The molecule has 1 aliphatic rings. The highest BCUT2D eigenvalue weighted by atomic mass is 16.5. The summed E-state index contributed by atoms with van der Waals surface area (Å²) in [6.07, 6.45) is 6.87. The molecule has 16 heavy (non-hydrogen) atoms. The highest BCUT2D eigenvalue weighted by molar-refractivity contribution is 5.75. The molecule has 0 saturated carbocycles. The van der Waals surface area contributed by atoms with Gasteiger partial charge in [0.05, 0.1) is 6.10 Å². The van der Waals surface area contributed by atoms with Gasteiger partial charge in [-0.05, 0) is 25.0 Å². The Hall–Kier alpha value is -1.29. The number of amides is 1. The fraction of sp³-hybridized carbons (Fsp3) is 0.583. The second-order valence-corrected chi connectivity index (χ2v) is 4.11. The molecule has 1 aromatic heterocycles. The molecule has 1 N–H and O–H groups in total. The van der Waals surface area contributed by atoms with Crippen molar-refractivity contribution in [3.05, 3.63) is 24.5 Å². The fourth-order valence-corrected chi connectivity index (χ4v) is 1.87. The summed E-state index contributed by atoms with van der Waals surface area (Å²) >= 11 is 0. The Balaban J connectivity index is 1.60. The Labute approximate surface area is 95.6 Å². The van der Waals surface area contributed by atoms with Gasteiger partial charge in [0.15, 0.2) is 0 Å². The maximum absolute atomic E-state index is 11.5. The minimum Gasteiger partial charge on any atom is -0.376 e. The van der Waals surface area contributed by atoms with E-state index in [1.165, 1.54) is 0 Å². The van der Waals surface area contributed by atoms with Gasteiger partial charge < -0.3 is 14.6 Å². The number of hydrogen-bond acceptors (Lipinski definition) is 2. The van der Waals surface area contributed by atoms with Crippen LogP contribution in [0.15, 0.2) is 24.5 Å². The molecule has 4 nitrogen and oxygen atoms in total. The molecule has 1 atom stereocenters. The first kappa shape index (κ1) is 11.2. The lowest BCUT2D eigenvalue weighted by Crippen LogP contribution is -2.32. The Kier molecular flexibility index (Phi) is 3.99. The topological polar surface area (TPSA) is 43.3 Å².